The molecule has 2 nitrogen and oxygen atoms in total. The third-order valence-electron chi connectivity index (χ3n) is 1.88. The monoisotopic (exact) mass is 263 g/mol. The maximum Gasteiger partial charge on any atom is 0.156 e. The van der Waals surface area contributed by atoms with Crippen LogP contribution >= 0.6 is 35.4 Å². The van der Waals surface area contributed by atoms with Gasteiger partial charge in [-0.1, -0.05) is 48.4 Å². The van der Waals surface area contributed by atoms with E-state index >= 15 is 0 Å². The van der Waals surface area contributed by atoms with Crippen LogP contribution in [0.2, 0.25) is 10.0 Å². The molecule has 5 heteroatoms. The van der Waals surface area contributed by atoms with Gasteiger partial charge in [-0.3, -0.25) is 0 Å². The summed E-state index contributed by atoms with van der Waals surface area (Å²) in [5, 5.41) is 0.968. The van der Waals surface area contributed by atoms with E-state index in [1.807, 2.05) is 6.92 Å². The summed E-state index contributed by atoms with van der Waals surface area (Å²) in [5.74, 6) is 0.469. The molecule has 0 bridgehead atoms. The van der Waals surface area contributed by atoms with Crippen molar-refractivity contribution >= 4 is 40.4 Å². The molecule has 15 heavy (non-hydrogen) atoms. The highest BCUT2D eigenvalue weighted by atomic mass is 35.5. The van der Waals surface area contributed by atoms with Crippen LogP contribution in [0.4, 0.5) is 0 Å². The predicted molar refractivity (Wildman–Crippen MR) is 67.9 cm³/mol. The Labute approximate surface area is 104 Å². The Balaban J connectivity index is 2.69. The maximum atomic E-state index is 5.92. The third kappa shape index (κ3) is 3.52. The van der Waals surface area contributed by atoms with Crippen molar-refractivity contribution in [2.45, 2.75) is 6.92 Å². The van der Waals surface area contributed by atoms with Crippen molar-refractivity contribution in [2.75, 3.05) is 6.61 Å². The Morgan fingerprint density at radius 2 is 2.00 bits per heavy atom. The number of rotatable bonds is 4. The lowest BCUT2D eigenvalue weighted by atomic mass is 10.2. The highest BCUT2D eigenvalue weighted by molar-refractivity contribution is 7.80. The van der Waals surface area contributed by atoms with Gasteiger partial charge < -0.3 is 10.5 Å². The van der Waals surface area contributed by atoms with Crippen LogP contribution in [0.1, 0.15) is 6.92 Å². The molecule has 0 aromatic heterocycles. The van der Waals surface area contributed by atoms with Crippen LogP contribution in [0.25, 0.3) is 0 Å². The first-order valence-corrected chi connectivity index (χ1v) is 5.55. The van der Waals surface area contributed by atoms with Crippen LogP contribution in [-0.2, 0) is 0 Å². The van der Waals surface area contributed by atoms with Gasteiger partial charge in [-0.2, -0.15) is 0 Å². The van der Waals surface area contributed by atoms with Crippen molar-refractivity contribution in [3.8, 4) is 5.75 Å². The number of para-hydroxylation sites is 1. The number of halogens is 2. The third-order valence-corrected chi connectivity index (χ3v) is 2.88. The lowest BCUT2D eigenvalue weighted by molar-refractivity contribution is 0.294. The second-order valence-electron chi connectivity index (χ2n) is 3.17. The molecule has 1 atom stereocenters. The summed E-state index contributed by atoms with van der Waals surface area (Å²) in [6.45, 7) is 2.26. The summed E-state index contributed by atoms with van der Waals surface area (Å²) in [4.78, 5) is 0.415. The number of ether oxygens (including phenoxy) is 1. The second-order valence-corrected chi connectivity index (χ2v) is 4.45. The summed E-state index contributed by atoms with van der Waals surface area (Å²) in [7, 11) is 0. The quantitative estimate of drug-likeness (QED) is 0.847. The molecule has 1 aromatic carbocycles. The smallest absolute Gasteiger partial charge is 0.156 e. The maximum absolute atomic E-state index is 5.92. The fourth-order valence-electron chi connectivity index (χ4n) is 0.911. The summed E-state index contributed by atoms with van der Waals surface area (Å²) in [6, 6.07) is 5.19. The van der Waals surface area contributed by atoms with E-state index in [2.05, 4.69) is 0 Å². The zero-order chi connectivity index (χ0) is 11.4. The molecule has 0 aliphatic heterocycles. The minimum Gasteiger partial charge on any atom is -0.490 e. The van der Waals surface area contributed by atoms with E-state index in [-0.39, 0.29) is 5.92 Å². The molecule has 0 amide bonds. The Hall–Kier alpha value is -0.510. The van der Waals surface area contributed by atoms with Crippen molar-refractivity contribution in [1.82, 2.24) is 0 Å². The van der Waals surface area contributed by atoms with Crippen LogP contribution < -0.4 is 10.5 Å². The normalized spacial score (nSPS) is 12.2. The van der Waals surface area contributed by atoms with Crippen molar-refractivity contribution in [1.29, 1.82) is 0 Å². The van der Waals surface area contributed by atoms with E-state index in [4.69, 9.17) is 45.9 Å². The van der Waals surface area contributed by atoms with Gasteiger partial charge in [0.15, 0.2) is 5.75 Å². The molecule has 0 saturated carbocycles. The largest absolute Gasteiger partial charge is 0.490 e. The van der Waals surface area contributed by atoms with E-state index in [1.54, 1.807) is 18.2 Å². The Kier molecular flexibility index (Phi) is 4.64. The molecule has 2 N–H and O–H groups in total. The first kappa shape index (κ1) is 12.6. The number of nitrogens with two attached hydrogens (primary N) is 1. The van der Waals surface area contributed by atoms with Crippen LogP contribution in [0.15, 0.2) is 18.2 Å². The van der Waals surface area contributed by atoms with Gasteiger partial charge in [0.25, 0.3) is 0 Å². The molecule has 0 fully saturated rings. The first-order valence-electron chi connectivity index (χ1n) is 4.38. The van der Waals surface area contributed by atoms with Gasteiger partial charge in [-0.25, -0.2) is 0 Å². The van der Waals surface area contributed by atoms with Crippen molar-refractivity contribution in [3.05, 3.63) is 28.2 Å². The average Bonchev–Trinajstić information content (AvgIpc) is 2.16. The highest BCUT2D eigenvalue weighted by Crippen LogP contribution is 2.32. The summed E-state index contributed by atoms with van der Waals surface area (Å²) >= 11 is 16.7. The lowest BCUT2D eigenvalue weighted by Gasteiger charge is -2.13. The van der Waals surface area contributed by atoms with Crippen LogP contribution in [-0.4, -0.2) is 11.6 Å². The van der Waals surface area contributed by atoms with E-state index in [9.17, 15) is 0 Å². The SMILES string of the molecule is CC(COc1c(Cl)cccc1Cl)C(N)=S. The second kappa shape index (κ2) is 5.54. The Morgan fingerprint density at radius 3 is 2.47 bits per heavy atom. The number of hydrogen-bond donors (Lipinski definition) is 1. The average molecular weight is 264 g/mol. The predicted octanol–water partition coefficient (Wildman–Crippen LogP) is 3.29. The number of thiocarbonyl (C=S) groups is 1. The zero-order valence-corrected chi connectivity index (χ0v) is 10.5. The molecule has 82 valence electrons. The highest BCUT2D eigenvalue weighted by Gasteiger charge is 2.10. The fraction of sp³-hybridized carbons (Fsp3) is 0.300. The molecule has 0 radical (unpaired) electrons. The van der Waals surface area contributed by atoms with Crippen LogP contribution in [0.3, 0.4) is 0 Å². The van der Waals surface area contributed by atoms with Gasteiger partial charge in [-0.15, -0.1) is 0 Å². The van der Waals surface area contributed by atoms with E-state index in [0.29, 0.717) is 27.4 Å². The Morgan fingerprint density at radius 1 is 1.47 bits per heavy atom. The number of hydrogen-bond acceptors (Lipinski definition) is 2. The summed E-state index contributed by atoms with van der Waals surface area (Å²) in [5.41, 5.74) is 5.46. The zero-order valence-electron chi connectivity index (χ0n) is 8.17. The van der Waals surface area contributed by atoms with Crippen LogP contribution in [0, 0.1) is 5.92 Å². The van der Waals surface area contributed by atoms with E-state index in [1.165, 1.54) is 0 Å². The molecule has 0 saturated heterocycles. The van der Waals surface area contributed by atoms with E-state index in [0.717, 1.165) is 0 Å². The van der Waals surface area contributed by atoms with Gasteiger partial charge in [0.2, 0.25) is 0 Å². The van der Waals surface area contributed by atoms with Gasteiger partial charge in [0.05, 0.1) is 21.6 Å². The Bertz CT molecular complexity index is 350. The fourth-order valence-corrected chi connectivity index (χ4v) is 1.49. The van der Waals surface area contributed by atoms with Crippen molar-refractivity contribution < 1.29 is 4.74 Å². The molecule has 0 spiro atoms. The van der Waals surface area contributed by atoms with Crippen molar-refractivity contribution in [3.63, 3.8) is 0 Å². The van der Waals surface area contributed by atoms with Crippen molar-refractivity contribution in [2.24, 2.45) is 11.7 Å². The van der Waals surface area contributed by atoms with Gasteiger partial charge in [-0.05, 0) is 12.1 Å². The van der Waals surface area contributed by atoms with Gasteiger partial charge >= 0.3 is 0 Å². The molecule has 1 aromatic rings. The molecular formula is C10H11Cl2NOS. The minimum atomic E-state index is -0.00709. The van der Waals surface area contributed by atoms with E-state index < -0.39 is 0 Å². The summed E-state index contributed by atoms with van der Waals surface area (Å²) < 4.78 is 5.46. The van der Waals surface area contributed by atoms with Gasteiger partial charge in [0, 0.05) is 5.92 Å². The minimum absolute atomic E-state index is 0.00709. The topological polar surface area (TPSA) is 35.2 Å². The molecule has 0 aliphatic rings. The molecule has 1 unspecified atom stereocenters. The van der Waals surface area contributed by atoms with Crippen LogP contribution in [0.5, 0.6) is 5.75 Å². The standard InChI is InChI=1S/C10H11Cl2NOS/c1-6(10(13)15)5-14-9-7(11)3-2-4-8(9)12/h2-4,6H,5H2,1H3,(H2,13,15). The molecule has 1 rings (SSSR count). The molecule has 0 aliphatic carbocycles. The number of benzene rings is 1. The first-order chi connectivity index (χ1) is 7.02. The van der Waals surface area contributed by atoms with Gasteiger partial charge in [0.1, 0.15) is 0 Å². The molecule has 0 heterocycles. The summed E-state index contributed by atoms with van der Waals surface area (Å²) in [6.07, 6.45) is 0. The lowest BCUT2D eigenvalue weighted by Crippen LogP contribution is -2.24. The molecular weight excluding hydrogens is 253 g/mol.